The maximum Gasteiger partial charge on any atom is 0.292 e. The smallest absolute Gasteiger partial charge is 0.292 e. The zero-order valence-corrected chi connectivity index (χ0v) is 10.5. The molecular weight excluding hydrogens is 244 g/mol. The Labute approximate surface area is 110 Å². The summed E-state index contributed by atoms with van der Waals surface area (Å²) >= 11 is 0. The maximum absolute atomic E-state index is 10.8. The van der Waals surface area contributed by atoms with Crippen LogP contribution in [0.25, 0.3) is 0 Å². The highest BCUT2D eigenvalue weighted by Gasteiger charge is 2.14. The number of nitrogens with zero attached hydrogens (tertiary/aromatic N) is 1. The van der Waals surface area contributed by atoms with Crippen molar-refractivity contribution in [3.8, 4) is 5.75 Å². The zero-order chi connectivity index (χ0) is 13.8. The fraction of sp³-hybridized carbons (Fsp3) is 0.143. The number of hydrogen-bond donors (Lipinski definition) is 1. The van der Waals surface area contributed by atoms with E-state index in [1.165, 1.54) is 6.07 Å². The molecule has 0 aliphatic carbocycles. The summed E-state index contributed by atoms with van der Waals surface area (Å²) in [5, 5.41) is 10.8. The summed E-state index contributed by atoms with van der Waals surface area (Å²) < 4.78 is 5.59. The minimum Gasteiger partial charge on any atom is -0.489 e. The average Bonchev–Trinajstić information content (AvgIpc) is 2.37. The van der Waals surface area contributed by atoms with Crippen LogP contribution in [0.2, 0.25) is 0 Å². The molecular formula is C14H14N2O3. The lowest BCUT2D eigenvalue weighted by Crippen LogP contribution is -2.03. The van der Waals surface area contributed by atoms with Gasteiger partial charge in [0, 0.05) is 11.6 Å². The monoisotopic (exact) mass is 258 g/mol. The van der Waals surface area contributed by atoms with Gasteiger partial charge in [0.05, 0.1) is 4.92 Å². The minimum atomic E-state index is -0.495. The van der Waals surface area contributed by atoms with E-state index in [-0.39, 0.29) is 18.0 Å². The molecule has 0 atom stereocenters. The predicted molar refractivity (Wildman–Crippen MR) is 73.0 cm³/mol. The van der Waals surface area contributed by atoms with Crippen molar-refractivity contribution >= 4 is 11.4 Å². The molecule has 0 bridgehead atoms. The Hall–Kier alpha value is -2.56. The number of nitrogen functional groups attached to an aromatic ring is 1. The summed E-state index contributed by atoms with van der Waals surface area (Å²) in [5.41, 5.74) is 7.51. The van der Waals surface area contributed by atoms with E-state index < -0.39 is 4.92 Å². The quantitative estimate of drug-likeness (QED) is 0.519. The first-order valence-electron chi connectivity index (χ1n) is 5.79. The number of aryl methyl sites for hydroxylation is 1. The van der Waals surface area contributed by atoms with E-state index in [2.05, 4.69) is 0 Å². The Morgan fingerprint density at radius 2 is 2.00 bits per heavy atom. The highest BCUT2D eigenvalue weighted by molar-refractivity contribution is 5.62. The third-order valence-electron chi connectivity index (χ3n) is 2.75. The zero-order valence-electron chi connectivity index (χ0n) is 10.5. The van der Waals surface area contributed by atoms with E-state index >= 15 is 0 Å². The molecule has 0 aliphatic rings. The topological polar surface area (TPSA) is 78.4 Å². The van der Waals surface area contributed by atoms with Crippen LogP contribution in [0, 0.1) is 17.0 Å². The molecule has 0 amide bonds. The van der Waals surface area contributed by atoms with Crippen molar-refractivity contribution in [2.24, 2.45) is 0 Å². The summed E-state index contributed by atoms with van der Waals surface area (Å²) in [5.74, 6) is 0.714. The molecule has 5 nitrogen and oxygen atoms in total. The molecule has 0 radical (unpaired) electrons. The van der Waals surface area contributed by atoms with E-state index in [0.29, 0.717) is 11.3 Å². The number of ether oxygens (including phenoxy) is 1. The van der Waals surface area contributed by atoms with Gasteiger partial charge in [-0.05, 0) is 24.6 Å². The normalized spacial score (nSPS) is 10.2. The molecule has 0 spiro atoms. The number of hydrogen-bond acceptors (Lipinski definition) is 4. The number of benzene rings is 2. The van der Waals surface area contributed by atoms with Gasteiger partial charge >= 0.3 is 0 Å². The maximum atomic E-state index is 10.8. The Morgan fingerprint density at radius 1 is 1.26 bits per heavy atom. The Morgan fingerprint density at radius 3 is 2.68 bits per heavy atom. The van der Waals surface area contributed by atoms with Crippen molar-refractivity contribution in [1.29, 1.82) is 0 Å². The van der Waals surface area contributed by atoms with E-state index in [0.717, 1.165) is 5.56 Å². The molecule has 0 unspecified atom stereocenters. The van der Waals surface area contributed by atoms with Crippen LogP contribution in [0.5, 0.6) is 5.75 Å². The number of nitrogens with two attached hydrogens (primary N) is 1. The molecule has 0 aliphatic heterocycles. The lowest BCUT2D eigenvalue weighted by molar-refractivity contribution is -0.384. The van der Waals surface area contributed by atoms with Crippen molar-refractivity contribution in [3.05, 3.63) is 63.7 Å². The molecule has 0 saturated carbocycles. The highest BCUT2D eigenvalue weighted by Crippen LogP contribution is 2.26. The van der Waals surface area contributed by atoms with Crippen LogP contribution in [-0.2, 0) is 6.61 Å². The average molecular weight is 258 g/mol. The lowest BCUT2D eigenvalue weighted by atomic mass is 10.1. The van der Waals surface area contributed by atoms with Crippen molar-refractivity contribution < 1.29 is 9.66 Å². The van der Waals surface area contributed by atoms with Gasteiger partial charge in [-0.2, -0.15) is 0 Å². The van der Waals surface area contributed by atoms with Crippen LogP contribution in [0.3, 0.4) is 0 Å². The summed E-state index contributed by atoms with van der Waals surface area (Å²) in [6.07, 6.45) is 0. The molecule has 98 valence electrons. The molecule has 2 N–H and O–H groups in total. The Kier molecular flexibility index (Phi) is 3.66. The fourth-order valence-corrected chi connectivity index (χ4v) is 1.75. The summed E-state index contributed by atoms with van der Waals surface area (Å²) in [6.45, 7) is 2.17. The van der Waals surface area contributed by atoms with E-state index in [1.54, 1.807) is 12.1 Å². The Balaban J connectivity index is 2.16. The summed E-state index contributed by atoms with van der Waals surface area (Å²) in [7, 11) is 0. The first-order valence-corrected chi connectivity index (χ1v) is 5.79. The van der Waals surface area contributed by atoms with Crippen molar-refractivity contribution in [3.63, 3.8) is 0 Å². The Bertz CT molecular complexity index is 611. The van der Waals surface area contributed by atoms with Crippen molar-refractivity contribution in [2.75, 3.05) is 5.73 Å². The molecule has 0 aromatic heterocycles. The molecule has 0 saturated heterocycles. The standard InChI is InChI=1S/C14H14N2O3/c1-10-4-2-6-12(8-10)19-9-11-5-3-7-13(14(11)15)16(17)18/h2-8H,9,15H2,1H3. The second-order valence-electron chi connectivity index (χ2n) is 4.21. The van der Waals surface area contributed by atoms with Gasteiger partial charge in [0.15, 0.2) is 0 Å². The van der Waals surface area contributed by atoms with E-state index in [9.17, 15) is 10.1 Å². The molecule has 0 heterocycles. The van der Waals surface area contributed by atoms with Crippen molar-refractivity contribution in [1.82, 2.24) is 0 Å². The van der Waals surface area contributed by atoms with E-state index in [1.807, 2.05) is 31.2 Å². The van der Waals surface area contributed by atoms with Gasteiger partial charge in [-0.25, -0.2) is 0 Å². The molecule has 19 heavy (non-hydrogen) atoms. The van der Waals surface area contributed by atoms with Crippen LogP contribution in [0.4, 0.5) is 11.4 Å². The number of nitro groups is 1. The van der Waals surface area contributed by atoms with Gasteiger partial charge in [0.1, 0.15) is 18.0 Å². The number of anilines is 1. The van der Waals surface area contributed by atoms with Gasteiger partial charge < -0.3 is 10.5 Å². The SMILES string of the molecule is Cc1cccc(OCc2cccc([N+](=O)[O-])c2N)c1. The number of para-hydroxylation sites is 1. The second-order valence-corrected chi connectivity index (χ2v) is 4.21. The van der Waals surface area contributed by atoms with Gasteiger partial charge in [-0.3, -0.25) is 10.1 Å². The van der Waals surface area contributed by atoms with Crippen molar-refractivity contribution in [2.45, 2.75) is 13.5 Å². The van der Waals surface area contributed by atoms with E-state index in [4.69, 9.17) is 10.5 Å². The van der Waals surface area contributed by atoms with Gasteiger partial charge in [-0.15, -0.1) is 0 Å². The molecule has 5 heteroatoms. The molecule has 2 aromatic rings. The van der Waals surface area contributed by atoms with Crippen LogP contribution >= 0.6 is 0 Å². The number of nitro benzene ring substituents is 1. The van der Waals surface area contributed by atoms with Gasteiger partial charge in [0.25, 0.3) is 5.69 Å². The first kappa shape index (κ1) is 12.9. The molecule has 0 fully saturated rings. The van der Waals surface area contributed by atoms with Crippen LogP contribution in [-0.4, -0.2) is 4.92 Å². The molecule has 2 aromatic carbocycles. The largest absolute Gasteiger partial charge is 0.489 e. The first-order chi connectivity index (χ1) is 9.08. The molecule has 2 rings (SSSR count). The lowest BCUT2D eigenvalue weighted by Gasteiger charge is -2.09. The third kappa shape index (κ3) is 3.01. The fourth-order valence-electron chi connectivity index (χ4n) is 1.75. The highest BCUT2D eigenvalue weighted by atomic mass is 16.6. The van der Waals surface area contributed by atoms with Crippen LogP contribution < -0.4 is 10.5 Å². The predicted octanol–water partition coefficient (Wildman–Crippen LogP) is 3.06. The van der Waals surface area contributed by atoms with Gasteiger partial charge in [0.2, 0.25) is 0 Å². The third-order valence-corrected chi connectivity index (χ3v) is 2.75. The van der Waals surface area contributed by atoms with Crippen LogP contribution in [0.1, 0.15) is 11.1 Å². The number of rotatable bonds is 4. The summed E-state index contributed by atoms with van der Waals surface area (Å²) in [6, 6.07) is 12.3. The van der Waals surface area contributed by atoms with Gasteiger partial charge in [-0.1, -0.05) is 24.3 Å². The minimum absolute atomic E-state index is 0.0923. The summed E-state index contributed by atoms with van der Waals surface area (Å²) in [4.78, 5) is 10.3. The second kappa shape index (κ2) is 5.39. The van der Waals surface area contributed by atoms with Crippen LogP contribution in [0.15, 0.2) is 42.5 Å².